The molecule has 0 saturated carbocycles. The van der Waals surface area contributed by atoms with E-state index in [0.717, 1.165) is 24.8 Å². The van der Waals surface area contributed by atoms with Crippen molar-refractivity contribution in [2.75, 3.05) is 6.54 Å². The van der Waals surface area contributed by atoms with Crippen LogP contribution in [0.25, 0.3) is 0 Å². The predicted octanol–water partition coefficient (Wildman–Crippen LogP) is 1.51. The zero-order chi connectivity index (χ0) is 14.8. The predicted molar refractivity (Wildman–Crippen MR) is 75.9 cm³/mol. The molecule has 1 amide bonds. The molecule has 2 rings (SSSR count). The topological polar surface area (TPSA) is 86.6 Å². The molecule has 1 aromatic rings. The van der Waals surface area contributed by atoms with E-state index in [1.807, 2.05) is 11.4 Å². The van der Waals surface area contributed by atoms with Gasteiger partial charge in [0, 0.05) is 11.4 Å². The minimum atomic E-state index is -1.42. The van der Waals surface area contributed by atoms with Crippen LogP contribution in [0.4, 0.5) is 0 Å². The van der Waals surface area contributed by atoms with E-state index in [1.165, 1.54) is 11.8 Å². The smallest absolute Gasteiger partial charge is 0.306 e. The van der Waals surface area contributed by atoms with Gasteiger partial charge >= 0.3 is 5.97 Å². The second-order valence-corrected chi connectivity index (χ2v) is 6.53. The summed E-state index contributed by atoms with van der Waals surface area (Å²) >= 11 is 1.67. The quantitative estimate of drug-likeness (QED) is 0.769. The molecule has 0 saturated heterocycles. The third-order valence-electron chi connectivity index (χ3n) is 3.54. The summed E-state index contributed by atoms with van der Waals surface area (Å²) in [4.78, 5) is 24.1. The molecule has 2 atom stereocenters. The monoisotopic (exact) mass is 297 g/mol. The van der Waals surface area contributed by atoms with Gasteiger partial charge in [0.15, 0.2) is 0 Å². The number of carbonyl (C=O) groups excluding carboxylic acids is 1. The Balaban J connectivity index is 1.95. The van der Waals surface area contributed by atoms with Crippen LogP contribution in [0.3, 0.4) is 0 Å². The normalized spacial score (nSPS) is 20.8. The number of aliphatic carboxylic acids is 1. The third-order valence-corrected chi connectivity index (χ3v) is 4.54. The average molecular weight is 297 g/mol. The number of nitrogens with one attached hydrogen (secondary N) is 1. The van der Waals surface area contributed by atoms with Crippen LogP contribution in [0.15, 0.2) is 11.4 Å². The number of aryl methyl sites for hydroxylation is 1. The van der Waals surface area contributed by atoms with E-state index in [2.05, 4.69) is 5.32 Å². The van der Waals surface area contributed by atoms with Crippen LogP contribution in [0.1, 0.15) is 42.5 Å². The Labute approximate surface area is 121 Å². The summed E-state index contributed by atoms with van der Waals surface area (Å²) in [6.07, 6.45) is 2.42. The minimum absolute atomic E-state index is 0.0475. The maximum atomic E-state index is 12.2. The van der Waals surface area contributed by atoms with Crippen molar-refractivity contribution in [2.45, 2.75) is 44.1 Å². The number of amides is 1. The number of hydrogen-bond donors (Lipinski definition) is 3. The van der Waals surface area contributed by atoms with Gasteiger partial charge in [-0.15, -0.1) is 11.3 Å². The first-order valence-corrected chi connectivity index (χ1v) is 7.55. The summed E-state index contributed by atoms with van der Waals surface area (Å²) in [5.41, 5.74) is -0.343. The van der Waals surface area contributed by atoms with Crippen LogP contribution in [-0.2, 0) is 16.0 Å². The van der Waals surface area contributed by atoms with E-state index in [4.69, 9.17) is 5.11 Å². The van der Waals surface area contributed by atoms with Gasteiger partial charge in [0.1, 0.15) is 0 Å². The van der Waals surface area contributed by atoms with Crippen molar-refractivity contribution >= 4 is 23.2 Å². The van der Waals surface area contributed by atoms with Gasteiger partial charge in [0.05, 0.1) is 17.9 Å². The largest absolute Gasteiger partial charge is 0.481 e. The molecule has 1 aromatic heterocycles. The molecular weight excluding hydrogens is 278 g/mol. The fraction of sp³-hybridized carbons (Fsp3) is 0.571. The maximum Gasteiger partial charge on any atom is 0.306 e. The van der Waals surface area contributed by atoms with Crippen molar-refractivity contribution in [3.8, 4) is 0 Å². The summed E-state index contributed by atoms with van der Waals surface area (Å²) in [6.45, 7) is 1.37. The van der Waals surface area contributed by atoms with Crippen molar-refractivity contribution in [1.29, 1.82) is 0 Å². The van der Waals surface area contributed by atoms with Crippen molar-refractivity contribution in [2.24, 2.45) is 0 Å². The molecule has 20 heavy (non-hydrogen) atoms. The first-order valence-electron chi connectivity index (χ1n) is 6.67. The van der Waals surface area contributed by atoms with E-state index in [9.17, 15) is 14.7 Å². The molecular formula is C14H19NO4S. The molecule has 0 bridgehead atoms. The zero-order valence-electron chi connectivity index (χ0n) is 11.4. The van der Waals surface area contributed by atoms with Gasteiger partial charge in [-0.25, -0.2) is 0 Å². The van der Waals surface area contributed by atoms with E-state index in [-0.39, 0.29) is 24.8 Å². The second-order valence-electron chi connectivity index (χ2n) is 5.53. The van der Waals surface area contributed by atoms with E-state index >= 15 is 0 Å². The summed E-state index contributed by atoms with van der Waals surface area (Å²) in [6, 6.07) is 1.98. The number of hydrogen-bond acceptors (Lipinski definition) is 4. The molecule has 0 radical (unpaired) electrons. The highest BCUT2D eigenvalue weighted by atomic mass is 32.1. The van der Waals surface area contributed by atoms with Crippen molar-refractivity contribution < 1.29 is 19.8 Å². The first-order chi connectivity index (χ1) is 9.39. The summed E-state index contributed by atoms with van der Waals surface area (Å²) in [7, 11) is 0. The van der Waals surface area contributed by atoms with Gasteiger partial charge in [-0.05, 0) is 43.2 Å². The van der Waals surface area contributed by atoms with Crippen molar-refractivity contribution in [1.82, 2.24) is 5.32 Å². The minimum Gasteiger partial charge on any atom is -0.481 e. The van der Waals surface area contributed by atoms with Crippen LogP contribution < -0.4 is 5.32 Å². The zero-order valence-corrected chi connectivity index (χ0v) is 12.2. The highest BCUT2D eigenvalue weighted by Crippen LogP contribution is 2.35. The lowest BCUT2D eigenvalue weighted by atomic mass is 9.87. The van der Waals surface area contributed by atoms with Gasteiger partial charge in [-0.1, -0.05) is 0 Å². The van der Waals surface area contributed by atoms with Gasteiger partial charge < -0.3 is 15.5 Å². The fourth-order valence-electron chi connectivity index (χ4n) is 2.55. The summed E-state index contributed by atoms with van der Waals surface area (Å²) < 4.78 is 0. The van der Waals surface area contributed by atoms with Crippen molar-refractivity contribution in [3.05, 3.63) is 21.9 Å². The Kier molecular flexibility index (Phi) is 4.45. The molecule has 5 nitrogen and oxygen atoms in total. The standard InChI is InChI=1S/C14H19NO4S/c1-14(19,7-12(16)17)8-15-13(18)10-3-2-4-11-9(10)5-6-20-11/h5-6,10,19H,2-4,7-8H2,1H3,(H,15,18)(H,16,17). The van der Waals surface area contributed by atoms with Crippen LogP contribution in [-0.4, -0.2) is 34.2 Å². The lowest BCUT2D eigenvalue weighted by Gasteiger charge is -2.25. The number of rotatable bonds is 5. The Morgan fingerprint density at radius 1 is 1.55 bits per heavy atom. The number of aliphatic hydroxyl groups is 1. The molecule has 3 N–H and O–H groups in total. The molecule has 110 valence electrons. The van der Waals surface area contributed by atoms with E-state index in [1.54, 1.807) is 11.3 Å². The van der Waals surface area contributed by atoms with E-state index in [0.29, 0.717) is 0 Å². The Morgan fingerprint density at radius 3 is 3.00 bits per heavy atom. The molecule has 2 unspecified atom stereocenters. The van der Waals surface area contributed by atoms with Crippen molar-refractivity contribution in [3.63, 3.8) is 0 Å². The Bertz CT molecular complexity index is 509. The van der Waals surface area contributed by atoms with Gasteiger partial charge in [0.25, 0.3) is 0 Å². The van der Waals surface area contributed by atoms with Gasteiger partial charge in [-0.2, -0.15) is 0 Å². The molecule has 1 heterocycles. The molecule has 0 aliphatic heterocycles. The fourth-order valence-corrected chi connectivity index (χ4v) is 3.54. The molecule has 1 aliphatic carbocycles. The van der Waals surface area contributed by atoms with Gasteiger partial charge in [-0.3, -0.25) is 9.59 Å². The highest BCUT2D eigenvalue weighted by molar-refractivity contribution is 7.10. The molecule has 1 aliphatic rings. The Morgan fingerprint density at radius 2 is 2.30 bits per heavy atom. The number of carboxylic acids is 1. The van der Waals surface area contributed by atoms with Crippen LogP contribution in [0, 0.1) is 0 Å². The average Bonchev–Trinajstić information content (AvgIpc) is 2.82. The highest BCUT2D eigenvalue weighted by Gasteiger charge is 2.30. The van der Waals surface area contributed by atoms with Crippen LogP contribution in [0.2, 0.25) is 0 Å². The third kappa shape index (κ3) is 3.58. The molecule has 0 spiro atoms. The SMILES string of the molecule is CC(O)(CNC(=O)C1CCCc2sccc21)CC(=O)O. The molecule has 6 heteroatoms. The maximum absolute atomic E-state index is 12.2. The lowest BCUT2D eigenvalue weighted by Crippen LogP contribution is -2.43. The molecule has 0 fully saturated rings. The number of fused-ring (bicyclic) bond motifs is 1. The lowest BCUT2D eigenvalue weighted by molar-refractivity contribution is -0.142. The summed E-state index contributed by atoms with van der Waals surface area (Å²) in [5.74, 6) is -1.39. The van der Waals surface area contributed by atoms with Crippen LogP contribution in [0.5, 0.6) is 0 Å². The second kappa shape index (κ2) is 5.93. The molecule has 0 aromatic carbocycles. The van der Waals surface area contributed by atoms with Crippen LogP contribution >= 0.6 is 11.3 Å². The number of carbonyl (C=O) groups is 2. The number of carboxylic acid groups (broad SMARTS) is 1. The summed E-state index contributed by atoms with van der Waals surface area (Å²) in [5, 5.41) is 23.3. The van der Waals surface area contributed by atoms with Gasteiger partial charge in [0.2, 0.25) is 5.91 Å². The number of thiophene rings is 1. The van der Waals surface area contributed by atoms with E-state index < -0.39 is 11.6 Å². The first kappa shape index (κ1) is 15.0. The Hall–Kier alpha value is -1.40.